The van der Waals surface area contributed by atoms with Gasteiger partial charge in [-0.05, 0) is 44.9 Å². The number of allylic oxidation sites excluding steroid dienone is 1. The van der Waals surface area contributed by atoms with Crippen molar-refractivity contribution in [3.63, 3.8) is 0 Å². The van der Waals surface area contributed by atoms with Gasteiger partial charge in [0.2, 0.25) is 0 Å². The van der Waals surface area contributed by atoms with Crippen LogP contribution in [0.2, 0.25) is 0 Å². The quantitative estimate of drug-likeness (QED) is 0.618. The van der Waals surface area contributed by atoms with E-state index in [0.717, 1.165) is 22.2 Å². The second-order valence-corrected chi connectivity index (χ2v) is 7.15. The number of esters is 1. The van der Waals surface area contributed by atoms with Gasteiger partial charge in [0.15, 0.2) is 0 Å². The van der Waals surface area contributed by atoms with Crippen molar-refractivity contribution in [1.29, 1.82) is 0 Å². The molecule has 1 aliphatic rings. The Balaban J connectivity index is 2.27. The summed E-state index contributed by atoms with van der Waals surface area (Å²) in [7, 11) is 3.34. The largest absolute Gasteiger partial charge is 0.469 e. The molecular formula is C20H23NO4. The van der Waals surface area contributed by atoms with E-state index < -0.39 is 11.6 Å². The minimum Gasteiger partial charge on any atom is -0.469 e. The molecule has 3 rings (SSSR count). The molecule has 0 radical (unpaired) electrons. The summed E-state index contributed by atoms with van der Waals surface area (Å²) in [6.45, 7) is 8.22. The van der Waals surface area contributed by atoms with Crippen molar-refractivity contribution in [2.24, 2.45) is 0 Å². The third-order valence-electron chi connectivity index (χ3n) is 5.17. The van der Waals surface area contributed by atoms with Crippen LogP contribution in [0.1, 0.15) is 37.5 Å². The van der Waals surface area contributed by atoms with Gasteiger partial charge in [-0.2, -0.15) is 0 Å². The highest BCUT2D eigenvalue weighted by molar-refractivity contribution is 5.93. The molecule has 0 N–H and O–H groups in total. The third-order valence-corrected chi connectivity index (χ3v) is 5.17. The van der Waals surface area contributed by atoms with E-state index in [1.165, 1.54) is 12.7 Å². The first kappa shape index (κ1) is 17.3. The van der Waals surface area contributed by atoms with Crippen LogP contribution < -0.4 is 10.5 Å². The number of carbonyl (C=O) groups is 1. The summed E-state index contributed by atoms with van der Waals surface area (Å²) in [6.07, 6.45) is 2.14. The number of ether oxygens (including phenoxy) is 1. The minimum absolute atomic E-state index is 0.0839. The summed E-state index contributed by atoms with van der Waals surface area (Å²) in [5.41, 5.74) is 4.36. The number of fused-ring (bicyclic) bond motifs is 2. The van der Waals surface area contributed by atoms with Gasteiger partial charge in [-0.3, -0.25) is 4.79 Å². The zero-order valence-corrected chi connectivity index (χ0v) is 15.5. The predicted molar refractivity (Wildman–Crippen MR) is 99.1 cm³/mol. The number of benzene rings is 1. The highest BCUT2D eigenvalue weighted by atomic mass is 16.5. The summed E-state index contributed by atoms with van der Waals surface area (Å²) in [4.78, 5) is 26.1. The minimum atomic E-state index is -0.486. The zero-order chi connectivity index (χ0) is 18.5. The molecule has 25 heavy (non-hydrogen) atoms. The van der Waals surface area contributed by atoms with E-state index in [1.807, 2.05) is 26.1 Å². The van der Waals surface area contributed by atoms with Crippen molar-refractivity contribution in [3.05, 3.63) is 45.3 Å². The van der Waals surface area contributed by atoms with Crippen LogP contribution in [0, 0.1) is 6.92 Å². The van der Waals surface area contributed by atoms with E-state index in [-0.39, 0.29) is 12.0 Å². The van der Waals surface area contributed by atoms with E-state index in [4.69, 9.17) is 4.42 Å². The van der Waals surface area contributed by atoms with Crippen LogP contribution >= 0.6 is 0 Å². The van der Waals surface area contributed by atoms with E-state index in [0.29, 0.717) is 11.1 Å². The van der Waals surface area contributed by atoms with E-state index >= 15 is 0 Å². The first-order valence-corrected chi connectivity index (χ1v) is 8.26. The summed E-state index contributed by atoms with van der Waals surface area (Å²) >= 11 is 0. The molecule has 0 atom stereocenters. The maximum atomic E-state index is 12.3. The Bertz CT molecular complexity index is 966. The average molecular weight is 341 g/mol. The van der Waals surface area contributed by atoms with Gasteiger partial charge in [0.05, 0.1) is 24.6 Å². The first-order valence-electron chi connectivity index (χ1n) is 8.26. The number of rotatable bonds is 2. The molecule has 0 aliphatic carbocycles. The molecule has 0 saturated heterocycles. The fourth-order valence-corrected chi connectivity index (χ4v) is 3.45. The molecular weight excluding hydrogens is 318 g/mol. The van der Waals surface area contributed by atoms with E-state index in [1.54, 1.807) is 0 Å². The number of carbonyl (C=O) groups excluding carboxylic acids is 1. The van der Waals surface area contributed by atoms with E-state index in [9.17, 15) is 9.59 Å². The zero-order valence-electron chi connectivity index (χ0n) is 15.5. The second-order valence-electron chi connectivity index (χ2n) is 7.15. The molecule has 1 aliphatic heterocycles. The summed E-state index contributed by atoms with van der Waals surface area (Å²) in [6, 6.07) is 3.96. The van der Waals surface area contributed by atoms with Crippen molar-refractivity contribution < 1.29 is 13.9 Å². The Hall–Kier alpha value is -2.56. The van der Waals surface area contributed by atoms with Crippen molar-refractivity contribution in [1.82, 2.24) is 0 Å². The van der Waals surface area contributed by atoms with Gasteiger partial charge in [-0.1, -0.05) is 6.08 Å². The molecule has 0 fully saturated rings. The molecule has 0 saturated carbocycles. The number of nitrogens with zero attached hydrogens (tertiary/aromatic N) is 1. The number of anilines is 1. The lowest BCUT2D eigenvalue weighted by molar-refractivity contribution is -0.139. The smallest absolute Gasteiger partial charge is 0.340 e. The standard InChI is InChI=1S/C20H23NO4/c1-11-10-20(3,4)21(5)16-9-17-14(7-13(11)16)12(2)15(19(23)25-17)8-18(22)24-6/h7,9-10H,8H2,1-6H3. The van der Waals surface area contributed by atoms with Gasteiger partial charge >= 0.3 is 11.6 Å². The molecule has 5 nitrogen and oxygen atoms in total. The highest BCUT2D eigenvalue weighted by Gasteiger charge is 2.29. The van der Waals surface area contributed by atoms with Crippen LogP contribution in [0.4, 0.5) is 5.69 Å². The van der Waals surface area contributed by atoms with Gasteiger partial charge < -0.3 is 14.1 Å². The summed E-state index contributed by atoms with van der Waals surface area (Å²) in [5.74, 6) is -0.453. The lowest BCUT2D eigenvalue weighted by atomic mass is 9.88. The molecule has 0 spiro atoms. The van der Waals surface area contributed by atoms with Crippen LogP contribution in [-0.4, -0.2) is 25.7 Å². The van der Waals surface area contributed by atoms with Gasteiger partial charge in [-0.25, -0.2) is 4.79 Å². The highest BCUT2D eigenvalue weighted by Crippen LogP contribution is 2.40. The summed E-state index contributed by atoms with van der Waals surface area (Å²) < 4.78 is 10.2. The Morgan fingerprint density at radius 3 is 2.60 bits per heavy atom. The molecule has 5 heteroatoms. The normalized spacial score (nSPS) is 15.8. The van der Waals surface area contributed by atoms with Crippen LogP contribution in [0.15, 0.2) is 27.4 Å². The number of likely N-dealkylation sites (N-methyl/N-ethyl adjacent to an activating group) is 1. The maximum Gasteiger partial charge on any atom is 0.340 e. The fourth-order valence-electron chi connectivity index (χ4n) is 3.45. The Morgan fingerprint density at radius 1 is 1.28 bits per heavy atom. The Morgan fingerprint density at radius 2 is 1.96 bits per heavy atom. The van der Waals surface area contributed by atoms with Crippen molar-refractivity contribution >= 4 is 28.2 Å². The van der Waals surface area contributed by atoms with Crippen LogP contribution in [0.25, 0.3) is 16.5 Å². The third kappa shape index (κ3) is 2.73. The molecule has 1 aromatic heterocycles. The number of aryl methyl sites for hydroxylation is 1. The van der Waals surface area contributed by atoms with E-state index in [2.05, 4.69) is 36.5 Å². The molecule has 132 valence electrons. The lowest BCUT2D eigenvalue weighted by Crippen LogP contribution is -2.42. The fraction of sp³-hybridized carbons (Fsp3) is 0.400. The number of methoxy groups -OCH3 is 1. The van der Waals surface area contributed by atoms with Crippen molar-refractivity contribution in [2.75, 3.05) is 19.1 Å². The predicted octanol–water partition coefficient (Wildman–Crippen LogP) is 3.45. The van der Waals surface area contributed by atoms with Crippen molar-refractivity contribution in [2.45, 2.75) is 39.7 Å². The van der Waals surface area contributed by atoms with Gasteiger partial charge in [-0.15, -0.1) is 0 Å². The number of hydrogen-bond donors (Lipinski definition) is 0. The van der Waals surface area contributed by atoms with Crippen LogP contribution in [0.5, 0.6) is 0 Å². The average Bonchev–Trinajstić information content (AvgIpc) is 2.55. The Kier molecular flexibility index (Phi) is 3.98. The molecule has 0 unspecified atom stereocenters. The molecule has 0 bridgehead atoms. The summed E-state index contributed by atoms with van der Waals surface area (Å²) in [5, 5.41) is 0.845. The molecule has 1 aromatic carbocycles. The van der Waals surface area contributed by atoms with Crippen LogP contribution in [0.3, 0.4) is 0 Å². The van der Waals surface area contributed by atoms with Gasteiger partial charge in [0.1, 0.15) is 5.58 Å². The first-order chi connectivity index (χ1) is 11.7. The van der Waals surface area contributed by atoms with Crippen LogP contribution in [-0.2, 0) is 16.0 Å². The Labute approximate surface area is 146 Å². The van der Waals surface area contributed by atoms with Crippen molar-refractivity contribution in [3.8, 4) is 0 Å². The topological polar surface area (TPSA) is 59.8 Å². The lowest BCUT2D eigenvalue weighted by Gasteiger charge is -2.40. The second kappa shape index (κ2) is 5.76. The maximum absolute atomic E-state index is 12.3. The molecule has 2 aromatic rings. The molecule has 2 heterocycles. The molecule has 0 amide bonds. The number of hydrogen-bond acceptors (Lipinski definition) is 5. The van der Waals surface area contributed by atoms with Gasteiger partial charge in [0, 0.05) is 29.8 Å². The monoisotopic (exact) mass is 341 g/mol. The van der Waals surface area contributed by atoms with Gasteiger partial charge in [0.25, 0.3) is 0 Å². The SMILES string of the molecule is COC(=O)Cc1c(C)c2cc3c(cc2oc1=O)N(C)C(C)(C)C=C3C.